The fraction of sp³-hybridized carbons (Fsp3) is 0.692. The van der Waals surface area contributed by atoms with Gasteiger partial charge in [-0.1, -0.05) is 24.3 Å². The summed E-state index contributed by atoms with van der Waals surface area (Å²) in [5.41, 5.74) is 1.98. The largest absolute Gasteiger partial charge is 0.294 e. The zero-order valence-electron chi connectivity index (χ0n) is 12.5. The molecule has 0 spiro atoms. The lowest BCUT2D eigenvalue weighted by atomic mass is 10.4. The molecule has 0 aliphatic carbocycles. The number of rotatable bonds is 8. The van der Waals surface area contributed by atoms with Gasteiger partial charge in [-0.2, -0.15) is 0 Å². The molecule has 0 bridgehead atoms. The molecule has 110 valence electrons. The molecule has 2 aromatic heterocycles. The van der Waals surface area contributed by atoms with Gasteiger partial charge in [-0.05, 0) is 19.9 Å². The van der Waals surface area contributed by atoms with Crippen molar-refractivity contribution in [3.63, 3.8) is 0 Å². The average molecular weight is 277 g/mol. The van der Waals surface area contributed by atoms with E-state index in [0.29, 0.717) is 0 Å². The molecule has 0 saturated heterocycles. The van der Waals surface area contributed by atoms with Crippen molar-refractivity contribution in [1.82, 2.24) is 34.9 Å². The van der Waals surface area contributed by atoms with Gasteiger partial charge < -0.3 is 0 Å². The van der Waals surface area contributed by atoms with Gasteiger partial charge in [0.25, 0.3) is 0 Å². The maximum atomic E-state index is 4.18. The topological polar surface area (TPSA) is 64.7 Å². The van der Waals surface area contributed by atoms with Gasteiger partial charge >= 0.3 is 0 Å². The Labute approximate surface area is 119 Å². The Morgan fingerprint density at radius 2 is 1.35 bits per heavy atom. The third-order valence-corrected chi connectivity index (χ3v) is 2.94. The van der Waals surface area contributed by atoms with Crippen molar-refractivity contribution in [2.24, 2.45) is 0 Å². The lowest BCUT2D eigenvalue weighted by Crippen LogP contribution is -2.17. The quantitative estimate of drug-likeness (QED) is 0.728. The van der Waals surface area contributed by atoms with E-state index in [9.17, 15) is 0 Å². The molecule has 0 fully saturated rings. The second-order valence-electron chi connectivity index (χ2n) is 5.12. The Bertz CT molecular complexity index is 470. The smallest absolute Gasteiger partial charge is 0.0967 e. The molecule has 2 heterocycles. The standard InChI is InChI=1S/C13H23N7/c1-4-6-19-10-12(14-16-19)8-18(3)9-13-11-20(7-5-2)17-15-13/h10-11H,4-9H2,1-3H3. The minimum atomic E-state index is 0.768. The molecule has 20 heavy (non-hydrogen) atoms. The Balaban J connectivity index is 1.85. The zero-order chi connectivity index (χ0) is 14.4. The molecule has 7 nitrogen and oxygen atoms in total. The molecule has 2 aromatic rings. The van der Waals surface area contributed by atoms with Gasteiger partial charge in [0.05, 0.1) is 11.4 Å². The number of aromatic nitrogens is 6. The van der Waals surface area contributed by atoms with Crippen LogP contribution in [0.2, 0.25) is 0 Å². The summed E-state index contributed by atoms with van der Waals surface area (Å²) in [6, 6.07) is 0. The number of nitrogens with zero attached hydrogens (tertiary/aromatic N) is 7. The van der Waals surface area contributed by atoms with Crippen LogP contribution in [0.5, 0.6) is 0 Å². The third kappa shape index (κ3) is 4.12. The summed E-state index contributed by atoms with van der Waals surface area (Å²) in [5, 5.41) is 16.6. The van der Waals surface area contributed by atoms with E-state index >= 15 is 0 Å². The van der Waals surface area contributed by atoms with E-state index < -0.39 is 0 Å². The van der Waals surface area contributed by atoms with Crippen LogP contribution in [0.25, 0.3) is 0 Å². The molecule has 0 N–H and O–H groups in total. The lowest BCUT2D eigenvalue weighted by Gasteiger charge is -2.12. The second-order valence-corrected chi connectivity index (χ2v) is 5.12. The van der Waals surface area contributed by atoms with E-state index in [1.807, 2.05) is 21.8 Å². The molecule has 0 saturated carbocycles. The normalized spacial score (nSPS) is 11.4. The van der Waals surface area contributed by atoms with E-state index in [4.69, 9.17) is 0 Å². The highest BCUT2D eigenvalue weighted by Crippen LogP contribution is 2.04. The number of aryl methyl sites for hydroxylation is 2. The molecule has 0 radical (unpaired) electrons. The Morgan fingerprint density at radius 3 is 1.75 bits per heavy atom. The van der Waals surface area contributed by atoms with E-state index in [-0.39, 0.29) is 0 Å². The van der Waals surface area contributed by atoms with Gasteiger partial charge in [0.1, 0.15) is 0 Å². The summed E-state index contributed by atoms with van der Waals surface area (Å²) in [5.74, 6) is 0. The average Bonchev–Trinajstić information content (AvgIpc) is 3.00. The monoisotopic (exact) mass is 277 g/mol. The van der Waals surface area contributed by atoms with Crippen molar-refractivity contribution >= 4 is 0 Å². The van der Waals surface area contributed by atoms with E-state index in [1.54, 1.807) is 0 Å². The van der Waals surface area contributed by atoms with Crippen molar-refractivity contribution < 1.29 is 0 Å². The van der Waals surface area contributed by atoms with Crippen molar-refractivity contribution in [2.45, 2.75) is 52.9 Å². The van der Waals surface area contributed by atoms with Gasteiger partial charge in [0, 0.05) is 38.6 Å². The van der Waals surface area contributed by atoms with Crippen LogP contribution < -0.4 is 0 Å². The number of hydrogen-bond acceptors (Lipinski definition) is 5. The molecular weight excluding hydrogens is 254 g/mol. The van der Waals surface area contributed by atoms with Crippen LogP contribution in [0.3, 0.4) is 0 Å². The predicted octanol–water partition coefficient (Wildman–Crippen LogP) is 1.32. The van der Waals surface area contributed by atoms with Crippen molar-refractivity contribution in [3.8, 4) is 0 Å². The summed E-state index contributed by atoms with van der Waals surface area (Å²) >= 11 is 0. The van der Waals surface area contributed by atoms with Crippen LogP contribution in [0.1, 0.15) is 38.1 Å². The highest BCUT2D eigenvalue weighted by atomic mass is 15.4. The zero-order valence-corrected chi connectivity index (χ0v) is 12.5. The Morgan fingerprint density at radius 1 is 0.900 bits per heavy atom. The maximum absolute atomic E-state index is 4.18. The van der Waals surface area contributed by atoms with Gasteiger partial charge in [-0.25, -0.2) is 0 Å². The van der Waals surface area contributed by atoms with Crippen LogP contribution in [-0.2, 0) is 26.2 Å². The molecule has 0 amide bonds. The van der Waals surface area contributed by atoms with Crippen molar-refractivity contribution in [2.75, 3.05) is 7.05 Å². The lowest BCUT2D eigenvalue weighted by molar-refractivity contribution is 0.311. The SMILES string of the molecule is CCCn1cc(CN(C)Cc2cn(CCC)nn2)nn1. The highest BCUT2D eigenvalue weighted by molar-refractivity contribution is 4.95. The van der Waals surface area contributed by atoms with Crippen LogP contribution >= 0.6 is 0 Å². The first-order chi connectivity index (χ1) is 9.71. The highest BCUT2D eigenvalue weighted by Gasteiger charge is 2.08. The van der Waals surface area contributed by atoms with Crippen LogP contribution in [0.4, 0.5) is 0 Å². The predicted molar refractivity (Wildman–Crippen MR) is 75.8 cm³/mol. The fourth-order valence-corrected chi connectivity index (χ4v) is 2.11. The summed E-state index contributed by atoms with van der Waals surface area (Å²) in [6.07, 6.45) is 6.15. The minimum absolute atomic E-state index is 0.768. The first-order valence-corrected chi connectivity index (χ1v) is 7.17. The first-order valence-electron chi connectivity index (χ1n) is 7.17. The molecule has 2 rings (SSSR count). The van der Waals surface area contributed by atoms with Crippen LogP contribution in [-0.4, -0.2) is 41.9 Å². The summed E-state index contributed by atoms with van der Waals surface area (Å²) in [7, 11) is 2.05. The van der Waals surface area contributed by atoms with Gasteiger partial charge in [0.15, 0.2) is 0 Å². The van der Waals surface area contributed by atoms with Gasteiger partial charge in [-0.15, -0.1) is 10.2 Å². The van der Waals surface area contributed by atoms with E-state index in [0.717, 1.165) is 50.4 Å². The third-order valence-electron chi connectivity index (χ3n) is 2.94. The molecular formula is C13H23N7. The molecule has 0 unspecified atom stereocenters. The maximum Gasteiger partial charge on any atom is 0.0967 e. The molecule has 0 aliphatic rings. The van der Waals surface area contributed by atoms with Crippen molar-refractivity contribution in [1.29, 1.82) is 0 Å². The van der Waals surface area contributed by atoms with E-state index in [2.05, 4.69) is 46.4 Å². The summed E-state index contributed by atoms with van der Waals surface area (Å²) in [4.78, 5) is 2.17. The van der Waals surface area contributed by atoms with E-state index in [1.165, 1.54) is 0 Å². The molecule has 0 aromatic carbocycles. The van der Waals surface area contributed by atoms with Crippen LogP contribution in [0.15, 0.2) is 12.4 Å². The second kappa shape index (κ2) is 7.14. The molecule has 0 aliphatic heterocycles. The fourth-order valence-electron chi connectivity index (χ4n) is 2.11. The first kappa shape index (κ1) is 14.6. The minimum Gasteiger partial charge on any atom is -0.294 e. The van der Waals surface area contributed by atoms with Crippen LogP contribution in [0, 0.1) is 0 Å². The number of hydrogen-bond donors (Lipinski definition) is 0. The van der Waals surface area contributed by atoms with Gasteiger partial charge in [-0.3, -0.25) is 14.3 Å². The Hall–Kier alpha value is -1.76. The Kier molecular flexibility index (Phi) is 5.23. The molecule has 7 heteroatoms. The molecule has 0 atom stereocenters. The van der Waals surface area contributed by atoms with Gasteiger partial charge in [0.2, 0.25) is 0 Å². The van der Waals surface area contributed by atoms with Crippen molar-refractivity contribution in [3.05, 3.63) is 23.8 Å². The summed E-state index contributed by atoms with van der Waals surface area (Å²) < 4.78 is 3.78. The summed E-state index contributed by atoms with van der Waals surface area (Å²) in [6.45, 7) is 7.64.